The summed E-state index contributed by atoms with van der Waals surface area (Å²) in [5.41, 5.74) is 0. The van der Waals surface area contributed by atoms with E-state index in [9.17, 15) is 52.5 Å². The number of hydrogen-bond acceptors (Lipinski definition) is 3. The van der Waals surface area contributed by atoms with Gasteiger partial charge in [0.25, 0.3) is 0 Å². The largest absolute Gasteiger partial charge is 0.384 e. The van der Waals surface area contributed by atoms with E-state index in [0.29, 0.717) is 0 Å². The van der Waals surface area contributed by atoms with Crippen molar-refractivity contribution >= 4 is 59.2 Å². The summed E-state index contributed by atoms with van der Waals surface area (Å²) in [7, 11) is 0. The van der Waals surface area contributed by atoms with Crippen molar-refractivity contribution in [1.29, 1.82) is 0 Å². The summed E-state index contributed by atoms with van der Waals surface area (Å²) in [6.45, 7) is 0. The van der Waals surface area contributed by atoms with E-state index < -0.39 is 49.2 Å². The van der Waals surface area contributed by atoms with Crippen LogP contribution in [0.15, 0.2) is 0 Å². The van der Waals surface area contributed by atoms with E-state index in [-0.39, 0.29) is 0 Å². The van der Waals surface area contributed by atoms with Gasteiger partial charge in [0.1, 0.15) is 0 Å². The van der Waals surface area contributed by atoms with Gasteiger partial charge in [0.05, 0.1) is 0 Å². The summed E-state index contributed by atoms with van der Waals surface area (Å²) < 4.78 is 161. The molecule has 1 rings (SSSR count). The van der Waals surface area contributed by atoms with Crippen molar-refractivity contribution in [2.24, 2.45) is 0 Å². The van der Waals surface area contributed by atoms with Crippen LogP contribution in [0, 0.1) is 0 Å². The Morgan fingerprint density at radius 1 is 0.640 bits per heavy atom. The van der Waals surface area contributed by atoms with E-state index >= 15 is 0 Å². The summed E-state index contributed by atoms with van der Waals surface area (Å²) >= 11 is 2.72. The van der Waals surface area contributed by atoms with E-state index in [1.54, 1.807) is 0 Å². The molecule has 1 unspecified atom stereocenters. The van der Waals surface area contributed by atoms with Crippen LogP contribution in [0.2, 0.25) is 0 Å². The third-order valence-electron chi connectivity index (χ3n) is 2.73. The Morgan fingerprint density at radius 3 is 1.20 bits per heavy atom. The third-order valence-corrected chi connectivity index (χ3v) is 4.61. The summed E-state index contributed by atoms with van der Waals surface area (Å²) in [6.07, 6.45) is 0. The van der Waals surface area contributed by atoms with Gasteiger partial charge >= 0.3 is 46.8 Å². The molecule has 0 spiro atoms. The summed E-state index contributed by atoms with van der Waals surface area (Å²) in [4.78, 5) is 0. The highest BCUT2D eigenvalue weighted by atomic mass is 80.0. The van der Waals surface area contributed by atoms with Crippen LogP contribution in [-0.2, 0) is 19.7 Å². The monoisotopic (exact) mass is 610 g/mol. The van der Waals surface area contributed by atoms with E-state index in [1.165, 1.54) is 0 Å². The van der Waals surface area contributed by atoms with Gasteiger partial charge in [-0.3, -0.25) is 0 Å². The minimum Gasteiger partial charge on any atom is -0.227 e. The van der Waals surface area contributed by atoms with Gasteiger partial charge in [0.2, 0.25) is 2.33 Å². The third kappa shape index (κ3) is 3.05. The highest BCUT2D eigenvalue weighted by Gasteiger charge is 3.02. The number of alkyl halides is 14. The van der Waals surface area contributed by atoms with Gasteiger partial charge in [0, 0.05) is 0 Å². The van der Waals surface area contributed by atoms with Crippen LogP contribution in [-0.4, -0.2) is 42.0 Å². The summed E-state index contributed by atoms with van der Waals surface area (Å²) in [5.74, 6) is -43.5. The Morgan fingerprint density at radius 2 is 0.920 bits per heavy atom. The maximum Gasteiger partial charge on any atom is 0.384 e. The normalized spacial score (nSPS) is 29.8. The molecule has 0 aromatic rings. The molecule has 0 aromatic heterocycles. The molecule has 0 heterocycles. The first-order valence-corrected chi connectivity index (χ1v) is 8.43. The zero-order valence-corrected chi connectivity index (χ0v) is 16.0. The second kappa shape index (κ2) is 6.12. The molecule has 0 amide bonds. The number of hydrogen-bond donors (Lipinski definition) is 0. The molecule has 18 heteroatoms. The topological polar surface area (TPSA) is 35.5 Å². The molecule has 25 heavy (non-hydrogen) atoms. The molecule has 1 atom stereocenters. The van der Waals surface area contributed by atoms with Gasteiger partial charge in [-0.05, 0) is 47.8 Å². The molecule has 1 aliphatic carbocycles. The highest BCUT2D eigenvalue weighted by Crippen LogP contribution is 2.69. The lowest BCUT2D eigenvalue weighted by atomic mass is 9.79. The fourth-order valence-electron chi connectivity index (χ4n) is 1.49. The van der Waals surface area contributed by atoms with Crippen LogP contribution in [0.5, 0.6) is 0 Å². The Hall–Kier alpha value is 0.740. The Kier molecular flexibility index (Phi) is 5.82. The molecule has 0 aliphatic heterocycles. The summed E-state index contributed by atoms with van der Waals surface area (Å²) in [6, 6.07) is 0. The van der Waals surface area contributed by atoms with Gasteiger partial charge in [-0.25, -0.2) is 8.37 Å². The van der Waals surface area contributed by atoms with Gasteiger partial charge in [-0.2, -0.15) is 52.5 Å². The molecule has 1 fully saturated rings. The van der Waals surface area contributed by atoms with E-state index in [0.717, 1.165) is 0 Å². The second-order valence-corrected chi connectivity index (χ2v) is 11.6. The number of rotatable bonds is 3. The highest BCUT2D eigenvalue weighted by molar-refractivity contribution is 9.39. The van der Waals surface area contributed by atoms with Crippen LogP contribution < -0.4 is 0 Å². The summed E-state index contributed by atoms with van der Waals surface area (Å²) in [5, 5.41) is 0. The van der Waals surface area contributed by atoms with E-state index in [2.05, 4.69) is 56.2 Å². The van der Waals surface area contributed by atoms with Crippen molar-refractivity contribution in [3.63, 3.8) is 0 Å². The molecule has 0 bridgehead atoms. The van der Waals surface area contributed by atoms with E-state index in [1.807, 2.05) is 0 Å². The molecule has 0 radical (unpaired) electrons. The standard InChI is InChI=1S/C7Br3F11O3S/c8-7(9,10)24-25(22)23-6(21)4(17,18)2(13,14)1(11,12)3(15,16)5(6,19)20. The van der Waals surface area contributed by atoms with Crippen molar-refractivity contribution < 1.29 is 60.9 Å². The lowest BCUT2D eigenvalue weighted by molar-refractivity contribution is -0.513. The smallest absolute Gasteiger partial charge is 0.227 e. The van der Waals surface area contributed by atoms with Crippen LogP contribution in [0.4, 0.5) is 48.3 Å². The van der Waals surface area contributed by atoms with Crippen molar-refractivity contribution in [2.45, 2.75) is 37.8 Å². The lowest BCUT2D eigenvalue weighted by Crippen LogP contribution is -2.84. The molecular weight excluding hydrogens is 613 g/mol. The van der Waals surface area contributed by atoms with Crippen LogP contribution >= 0.6 is 47.8 Å². The SMILES string of the molecule is O=S(OC(Br)(Br)Br)OC1(F)C(F)(F)C(F)(F)C(F)(F)C(F)(F)C1(F)F. The average Bonchev–Trinajstić information content (AvgIpc) is 2.33. The van der Waals surface area contributed by atoms with Crippen LogP contribution in [0.25, 0.3) is 0 Å². The van der Waals surface area contributed by atoms with Crippen LogP contribution in [0.3, 0.4) is 0 Å². The Labute approximate surface area is 157 Å². The molecule has 3 nitrogen and oxygen atoms in total. The predicted octanol–water partition coefficient (Wildman–Crippen LogP) is 5.25. The van der Waals surface area contributed by atoms with Gasteiger partial charge in [-0.15, -0.1) is 0 Å². The first-order valence-electron chi connectivity index (χ1n) is 5.05. The minimum absolute atomic E-state index is 2.26. The zero-order valence-electron chi connectivity index (χ0n) is 10.4. The van der Waals surface area contributed by atoms with Gasteiger partial charge < -0.3 is 0 Å². The fraction of sp³-hybridized carbons (Fsp3) is 1.00. The molecule has 0 aromatic carbocycles. The van der Waals surface area contributed by atoms with Crippen LogP contribution in [0.1, 0.15) is 0 Å². The zero-order chi connectivity index (χ0) is 20.5. The first-order chi connectivity index (χ1) is 10.6. The van der Waals surface area contributed by atoms with Crippen molar-refractivity contribution in [3.05, 3.63) is 0 Å². The molecule has 1 aliphatic rings. The molecular formula is C7Br3F11O3S. The first kappa shape index (κ1) is 23.8. The quantitative estimate of drug-likeness (QED) is 0.323. The average molecular weight is 613 g/mol. The molecule has 0 saturated heterocycles. The van der Waals surface area contributed by atoms with Gasteiger partial charge in [0.15, 0.2) is 0 Å². The molecule has 150 valence electrons. The second-order valence-electron chi connectivity index (χ2n) is 4.28. The number of halogens is 14. The Bertz CT molecular complexity index is 548. The lowest BCUT2D eigenvalue weighted by Gasteiger charge is -2.51. The molecule has 0 N–H and O–H groups in total. The Balaban J connectivity index is 3.58. The van der Waals surface area contributed by atoms with Crippen molar-refractivity contribution in [1.82, 2.24) is 0 Å². The van der Waals surface area contributed by atoms with Crippen molar-refractivity contribution in [3.8, 4) is 0 Å². The van der Waals surface area contributed by atoms with E-state index in [4.69, 9.17) is 0 Å². The predicted molar refractivity (Wildman–Crippen MR) is 68.4 cm³/mol. The maximum atomic E-state index is 14.0. The maximum absolute atomic E-state index is 14.0. The molecule has 1 saturated carbocycles. The van der Waals surface area contributed by atoms with Crippen molar-refractivity contribution in [2.75, 3.05) is 0 Å². The fourth-order valence-corrected chi connectivity index (χ4v) is 3.04. The minimum atomic E-state index is -7.39. The van der Waals surface area contributed by atoms with Gasteiger partial charge in [-0.1, -0.05) is 0 Å².